The largest absolute Gasteiger partial charge is 0.334 e. The van der Waals surface area contributed by atoms with Gasteiger partial charge in [-0.3, -0.25) is 0 Å². The standard InChI is InChI=1S/C3N11O2/c4-10-7-1-5-2-8-11-12-13(2)3(6-1)9-14(15)16/q-1. The number of fused-ring (bicyclic) bond motifs is 1. The van der Waals surface area contributed by atoms with Crippen LogP contribution in [0.25, 0.3) is 21.6 Å². The van der Waals surface area contributed by atoms with E-state index in [1.54, 1.807) is 0 Å². The summed E-state index contributed by atoms with van der Waals surface area (Å²) in [5.41, 5.74) is 11.1. The molecule has 16 heavy (non-hydrogen) atoms. The quantitative estimate of drug-likeness (QED) is 0.231. The van der Waals surface area contributed by atoms with E-state index in [0.29, 0.717) is 0 Å². The number of azide groups is 1. The minimum atomic E-state index is -0.983. The molecule has 13 heteroatoms. The SMILES string of the molecule is [N-]=[N+]=Nc1nc([N-][N+](=O)[O-])n2nnnc2n1. The Balaban J connectivity index is 2.62. The molecule has 2 rings (SSSR count). The van der Waals surface area contributed by atoms with Gasteiger partial charge in [-0.05, 0) is 15.9 Å². The molecule has 0 radical (unpaired) electrons. The molecule has 0 aliphatic carbocycles. The van der Waals surface area contributed by atoms with Crippen molar-refractivity contribution in [1.82, 2.24) is 30.0 Å². The molecule has 0 unspecified atom stereocenters. The predicted octanol–water partition coefficient (Wildman–Crippen LogP) is 0.0530. The molecule has 0 aliphatic heterocycles. The smallest absolute Gasteiger partial charge is 0.215 e. The van der Waals surface area contributed by atoms with Gasteiger partial charge in [0, 0.05) is 4.91 Å². The Kier molecular flexibility index (Phi) is 2.12. The first-order valence-electron chi connectivity index (χ1n) is 3.58. The molecule has 2 aromatic heterocycles. The number of nitrogens with zero attached hydrogens (tertiary/aromatic N) is 11. The zero-order valence-corrected chi connectivity index (χ0v) is 7.24. The topological polar surface area (TPSA) is 175 Å². The lowest BCUT2D eigenvalue weighted by Crippen LogP contribution is -1.99. The molecule has 0 saturated heterocycles. The lowest BCUT2D eigenvalue weighted by atomic mass is 10.8. The van der Waals surface area contributed by atoms with Crippen LogP contribution in [0.4, 0.5) is 11.9 Å². The fourth-order valence-corrected chi connectivity index (χ4v) is 0.855. The van der Waals surface area contributed by atoms with Crippen LogP contribution in [0.15, 0.2) is 5.11 Å². The van der Waals surface area contributed by atoms with E-state index in [1.807, 2.05) is 0 Å². The van der Waals surface area contributed by atoms with Gasteiger partial charge in [-0.25, -0.2) is 19.6 Å². The van der Waals surface area contributed by atoms with Crippen molar-refractivity contribution in [2.75, 3.05) is 0 Å². The van der Waals surface area contributed by atoms with Crippen LogP contribution in [0.3, 0.4) is 0 Å². The van der Waals surface area contributed by atoms with Gasteiger partial charge < -0.3 is 4.98 Å². The average Bonchev–Trinajstić information content (AvgIpc) is 2.65. The highest BCUT2D eigenvalue weighted by atomic mass is 16.7. The third kappa shape index (κ3) is 1.60. The maximum absolute atomic E-state index is 10.2. The lowest BCUT2D eigenvalue weighted by Gasteiger charge is -2.06. The van der Waals surface area contributed by atoms with E-state index < -0.39 is 11.0 Å². The monoisotopic (exact) mass is 222 g/mol. The number of hydrogen-bond donors (Lipinski definition) is 0. The molecular formula is C3N11O2-. The Morgan fingerprint density at radius 2 is 2.38 bits per heavy atom. The minimum absolute atomic E-state index is 0.113. The van der Waals surface area contributed by atoms with Gasteiger partial charge in [0.2, 0.25) is 5.78 Å². The Bertz CT molecular complexity index is 594. The fraction of sp³-hybridized carbons (Fsp3) is 0. The molecule has 2 aromatic rings. The summed E-state index contributed by atoms with van der Waals surface area (Å²) in [5, 5.41) is 22.3. The first kappa shape index (κ1) is 9.47. The van der Waals surface area contributed by atoms with Crippen molar-refractivity contribution in [3.63, 3.8) is 0 Å². The highest BCUT2D eigenvalue weighted by molar-refractivity contribution is 5.42. The van der Waals surface area contributed by atoms with Gasteiger partial charge in [-0.2, -0.15) is 0 Å². The third-order valence-electron chi connectivity index (χ3n) is 1.35. The van der Waals surface area contributed by atoms with Crippen LogP contribution >= 0.6 is 0 Å². The van der Waals surface area contributed by atoms with Crippen LogP contribution in [0, 0.1) is 10.1 Å². The van der Waals surface area contributed by atoms with Crippen LogP contribution in [0.1, 0.15) is 0 Å². The first-order chi connectivity index (χ1) is 7.70. The normalized spacial score (nSPS) is 9.75. The fourth-order valence-electron chi connectivity index (χ4n) is 0.855. The van der Waals surface area contributed by atoms with Crippen LogP contribution in [-0.4, -0.2) is 35.0 Å². The van der Waals surface area contributed by atoms with Crippen molar-refractivity contribution in [1.29, 1.82) is 0 Å². The second-order valence-electron chi connectivity index (χ2n) is 2.24. The maximum atomic E-state index is 10.2. The number of rotatable bonds is 3. The van der Waals surface area contributed by atoms with Gasteiger partial charge in [-0.1, -0.05) is 10.6 Å². The van der Waals surface area contributed by atoms with E-state index in [2.05, 4.69) is 40.9 Å². The molecule has 0 aromatic carbocycles. The van der Waals surface area contributed by atoms with Crippen molar-refractivity contribution in [3.05, 3.63) is 26.0 Å². The lowest BCUT2D eigenvalue weighted by molar-refractivity contribution is -0.419. The molecule has 0 amide bonds. The molecule has 0 saturated carbocycles. The van der Waals surface area contributed by atoms with Crippen molar-refractivity contribution in [3.8, 4) is 0 Å². The van der Waals surface area contributed by atoms with Crippen molar-refractivity contribution >= 4 is 17.7 Å². The Hall–Kier alpha value is -3.08. The summed E-state index contributed by atoms with van der Waals surface area (Å²) in [5.74, 6) is -0.911. The summed E-state index contributed by atoms with van der Waals surface area (Å²) in [7, 11) is 0. The number of tetrazole rings is 1. The molecule has 0 aliphatic rings. The number of aromatic nitrogens is 6. The molecule has 13 nitrogen and oxygen atoms in total. The van der Waals surface area contributed by atoms with E-state index in [1.165, 1.54) is 0 Å². The van der Waals surface area contributed by atoms with Crippen molar-refractivity contribution in [2.45, 2.75) is 0 Å². The highest BCUT2D eigenvalue weighted by Crippen LogP contribution is 2.17. The number of hydrogen-bond acceptors (Lipinski definition) is 8. The zero-order valence-electron chi connectivity index (χ0n) is 7.24. The van der Waals surface area contributed by atoms with Gasteiger partial charge in [0.15, 0.2) is 5.95 Å². The highest BCUT2D eigenvalue weighted by Gasteiger charge is 2.04. The molecule has 0 atom stereocenters. The van der Waals surface area contributed by atoms with E-state index in [9.17, 15) is 10.1 Å². The molecule has 0 spiro atoms. The average molecular weight is 222 g/mol. The summed E-state index contributed by atoms with van der Waals surface area (Å²) < 4.78 is 0.833. The van der Waals surface area contributed by atoms with E-state index in [4.69, 9.17) is 5.53 Å². The molecule has 0 bridgehead atoms. The second kappa shape index (κ2) is 3.58. The molecule has 0 N–H and O–H groups in total. The Morgan fingerprint density at radius 3 is 3.06 bits per heavy atom. The summed E-state index contributed by atoms with van der Waals surface area (Å²) in [6.45, 7) is 0. The summed E-state index contributed by atoms with van der Waals surface area (Å²) in [6, 6.07) is 0. The van der Waals surface area contributed by atoms with Crippen LogP contribution in [-0.2, 0) is 0 Å². The van der Waals surface area contributed by atoms with Gasteiger partial charge in [0.05, 0.1) is 0 Å². The predicted molar refractivity (Wildman–Crippen MR) is 45.2 cm³/mol. The Labute approximate surface area is 84.9 Å². The zero-order chi connectivity index (χ0) is 11.5. The maximum Gasteiger partial charge on any atom is 0.215 e. The van der Waals surface area contributed by atoms with Crippen molar-refractivity contribution < 1.29 is 5.03 Å². The summed E-state index contributed by atoms with van der Waals surface area (Å²) >= 11 is 0. The van der Waals surface area contributed by atoms with E-state index in [-0.39, 0.29) is 11.7 Å². The first-order valence-corrected chi connectivity index (χ1v) is 3.58. The van der Waals surface area contributed by atoms with Crippen LogP contribution in [0.2, 0.25) is 0 Å². The van der Waals surface area contributed by atoms with Crippen LogP contribution < -0.4 is 0 Å². The van der Waals surface area contributed by atoms with Gasteiger partial charge in [0.25, 0.3) is 0 Å². The summed E-state index contributed by atoms with van der Waals surface area (Å²) in [6.07, 6.45) is 0. The molecular weight excluding hydrogens is 222 g/mol. The van der Waals surface area contributed by atoms with E-state index in [0.717, 1.165) is 4.52 Å². The van der Waals surface area contributed by atoms with E-state index >= 15 is 0 Å². The molecule has 2 heterocycles. The molecule has 80 valence electrons. The van der Waals surface area contributed by atoms with Crippen molar-refractivity contribution in [2.24, 2.45) is 5.11 Å². The number of nitro groups is 1. The van der Waals surface area contributed by atoms with Gasteiger partial charge >= 0.3 is 0 Å². The van der Waals surface area contributed by atoms with Gasteiger partial charge in [-0.15, -0.1) is 5.10 Å². The Morgan fingerprint density at radius 1 is 1.56 bits per heavy atom. The van der Waals surface area contributed by atoms with Crippen LogP contribution in [0.5, 0.6) is 0 Å². The minimum Gasteiger partial charge on any atom is -0.334 e. The third-order valence-corrected chi connectivity index (χ3v) is 1.35. The summed E-state index contributed by atoms with van der Waals surface area (Å²) in [4.78, 5) is 19.7. The van der Waals surface area contributed by atoms with Gasteiger partial charge in [0.1, 0.15) is 11.0 Å². The molecule has 0 fully saturated rings. The second-order valence-corrected chi connectivity index (χ2v) is 2.24.